The van der Waals surface area contributed by atoms with Gasteiger partial charge in [-0.2, -0.15) is 24.9 Å². The van der Waals surface area contributed by atoms with E-state index in [1.54, 1.807) is 0 Å². The Labute approximate surface area is 117 Å². The summed E-state index contributed by atoms with van der Waals surface area (Å²) in [5, 5.41) is 4.34. The molecule has 0 saturated carbocycles. The van der Waals surface area contributed by atoms with Gasteiger partial charge in [-0.25, -0.2) is 4.98 Å². The van der Waals surface area contributed by atoms with Crippen LogP contribution >= 0.6 is 11.8 Å². The Bertz CT molecular complexity index is 494. The van der Waals surface area contributed by atoms with E-state index in [-0.39, 0.29) is 5.82 Å². The van der Waals surface area contributed by atoms with Crippen molar-refractivity contribution in [3.8, 4) is 0 Å². The maximum Gasteiger partial charge on any atom is 0.416 e. The average Bonchev–Trinajstić information content (AvgIpc) is 2.38. The Hall–Kier alpha value is -1.77. The Morgan fingerprint density at radius 1 is 1.35 bits per heavy atom. The second kappa shape index (κ2) is 7.13. The van der Waals surface area contributed by atoms with Crippen molar-refractivity contribution in [3.63, 3.8) is 0 Å². The number of thioether (sulfide) groups is 1. The summed E-state index contributed by atoms with van der Waals surface area (Å²) in [5.41, 5.74) is -0.953. The molecule has 0 unspecified atom stereocenters. The minimum atomic E-state index is -4.54. The summed E-state index contributed by atoms with van der Waals surface area (Å²) in [4.78, 5) is 26.3. The number of nitrogens with zero attached hydrogens (tertiary/aromatic N) is 1. The predicted octanol–water partition coefficient (Wildman–Crippen LogP) is 1.52. The van der Waals surface area contributed by atoms with E-state index in [9.17, 15) is 22.8 Å². The van der Waals surface area contributed by atoms with Gasteiger partial charge in [0.2, 0.25) is 0 Å². The molecule has 110 valence electrons. The van der Waals surface area contributed by atoms with Gasteiger partial charge in [-0.15, -0.1) is 0 Å². The number of hydrogen-bond donors (Lipinski definition) is 2. The molecule has 0 aliphatic carbocycles. The molecule has 0 radical (unpaired) electrons. The van der Waals surface area contributed by atoms with Crippen molar-refractivity contribution in [2.45, 2.75) is 6.18 Å². The smallest absolute Gasteiger partial charge is 0.347 e. The highest BCUT2D eigenvalue weighted by atomic mass is 32.2. The molecule has 20 heavy (non-hydrogen) atoms. The van der Waals surface area contributed by atoms with Crippen molar-refractivity contribution >= 4 is 29.4 Å². The molecule has 2 N–H and O–H groups in total. The molecule has 0 aliphatic heterocycles. The summed E-state index contributed by atoms with van der Waals surface area (Å²) < 4.78 is 37.3. The fourth-order valence-corrected chi connectivity index (χ4v) is 1.50. The van der Waals surface area contributed by atoms with Crippen LogP contribution in [0, 0.1) is 0 Å². The first-order valence-electron chi connectivity index (χ1n) is 5.46. The lowest BCUT2D eigenvalue weighted by Crippen LogP contribution is -2.36. The lowest BCUT2D eigenvalue weighted by atomic mass is 10.2. The normalized spacial score (nSPS) is 11.0. The van der Waals surface area contributed by atoms with E-state index in [0.717, 1.165) is 12.3 Å². The fourth-order valence-electron chi connectivity index (χ4n) is 1.20. The zero-order chi connectivity index (χ0) is 15.2. The number of amides is 2. The summed E-state index contributed by atoms with van der Waals surface area (Å²) in [6.07, 6.45) is -1.80. The number of aromatic nitrogens is 1. The minimum Gasteiger partial charge on any atom is -0.347 e. The molecule has 2 amide bonds. The Balaban J connectivity index is 2.64. The van der Waals surface area contributed by atoms with E-state index < -0.39 is 23.6 Å². The van der Waals surface area contributed by atoms with E-state index in [2.05, 4.69) is 10.3 Å². The molecule has 0 aromatic carbocycles. The number of carbonyl (C=O) groups is 2. The number of carbonyl (C=O) groups excluding carboxylic acids is 2. The first-order valence-corrected chi connectivity index (χ1v) is 6.85. The Kier molecular flexibility index (Phi) is 5.81. The van der Waals surface area contributed by atoms with Crippen LogP contribution in [-0.4, -0.2) is 35.4 Å². The van der Waals surface area contributed by atoms with Crippen LogP contribution < -0.4 is 10.6 Å². The van der Waals surface area contributed by atoms with Crippen molar-refractivity contribution < 1.29 is 22.8 Å². The lowest BCUT2D eigenvalue weighted by Gasteiger charge is -2.09. The Morgan fingerprint density at radius 3 is 2.65 bits per heavy atom. The highest BCUT2D eigenvalue weighted by Gasteiger charge is 2.31. The van der Waals surface area contributed by atoms with Gasteiger partial charge in [0.25, 0.3) is 0 Å². The number of alkyl halides is 3. The molecular formula is C11H12F3N3O2S. The quantitative estimate of drug-likeness (QED) is 0.653. The SMILES string of the molecule is CSCCNC(=O)C(=O)Nc1cc(C(F)(F)F)ccn1. The largest absolute Gasteiger partial charge is 0.416 e. The fraction of sp³-hybridized carbons (Fsp3) is 0.364. The summed E-state index contributed by atoms with van der Waals surface area (Å²) >= 11 is 1.48. The van der Waals surface area contributed by atoms with Crippen molar-refractivity contribution in [2.24, 2.45) is 0 Å². The van der Waals surface area contributed by atoms with Crippen molar-refractivity contribution in [3.05, 3.63) is 23.9 Å². The van der Waals surface area contributed by atoms with Crippen molar-refractivity contribution in [1.82, 2.24) is 10.3 Å². The third-order valence-corrected chi connectivity index (χ3v) is 2.74. The third-order valence-electron chi connectivity index (χ3n) is 2.13. The van der Waals surface area contributed by atoms with Crippen LogP contribution in [0.5, 0.6) is 0 Å². The van der Waals surface area contributed by atoms with Crippen LogP contribution in [0.1, 0.15) is 5.56 Å². The molecule has 0 saturated heterocycles. The minimum absolute atomic E-state index is 0.295. The molecule has 0 atom stereocenters. The zero-order valence-electron chi connectivity index (χ0n) is 10.5. The highest BCUT2D eigenvalue weighted by Crippen LogP contribution is 2.29. The molecule has 1 aromatic heterocycles. The second-order valence-electron chi connectivity index (χ2n) is 3.63. The molecule has 1 aromatic rings. The first-order chi connectivity index (χ1) is 9.34. The lowest BCUT2D eigenvalue weighted by molar-refractivity contribution is -0.137. The van der Waals surface area contributed by atoms with E-state index in [4.69, 9.17) is 0 Å². The summed E-state index contributed by atoms with van der Waals surface area (Å²) in [5.74, 6) is -1.68. The molecule has 0 spiro atoms. The number of rotatable bonds is 4. The summed E-state index contributed by atoms with van der Waals surface area (Å²) in [7, 11) is 0. The highest BCUT2D eigenvalue weighted by molar-refractivity contribution is 7.98. The first kappa shape index (κ1) is 16.3. The van der Waals surface area contributed by atoms with Gasteiger partial charge in [0.1, 0.15) is 5.82 Å². The van der Waals surface area contributed by atoms with E-state index in [1.807, 2.05) is 11.6 Å². The Morgan fingerprint density at radius 2 is 2.05 bits per heavy atom. The second-order valence-corrected chi connectivity index (χ2v) is 4.62. The van der Waals surface area contributed by atoms with Crippen LogP contribution in [0.3, 0.4) is 0 Å². The average molecular weight is 307 g/mol. The van der Waals surface area contributed by atoms with Gasteiger partial charge in [0, 0.05) is 18.5 Å². The number of hydrogen-bond acceptors (Lipinski definition) is 4. The zero-order valence-corrected chi connectivity index (χ0v) is 11.3. The summed E-state index contributed by atoms with van der Waals surface area (Å²) in [6.45, 7) is 0.295. The van der Waals surface area contributed by atoms with Crippen LogP contribution in [0.15, 0.2) is 18.3 Å². The van der Waals surface area contributed by atoms with Crippen LogP contribution in [-0.2, 0) is 15.8 Å². The van der Waals surface area contributed by atoms with E-state index >= 15 is 0 Å². The monoisotopic (exact) mass is 307 g/mol. The number of anilines is 1. The standard InChI is InChI=1S/C11H12F3N3O2S/c1-20-5-4-16-9(18)10(19)17-8-6-7(2-3-15-8)11(12,13)14/h2-3,6H,4-5H2,1H3,(H,16,18)(H,15,17,19). The van der Waals surface area contributed by atoms with Gasteiger partial charge in [-0.3, -0.25) is 9.59 Å². The third kappa shape index (κ3) is 5.08. The van der Waals surface area contributed by atoms with Gasteiger partial charge in [0.05, 0.1) is 5.56 Å². The predicted molar refractivity (Wildman–Crippen MR) is 69.3 cm³/mol. The van der Waals surface area contributed by atoms with E-state index in [0.29, 0.717) is 18.4 Å². The molecular weight excluding hydrogens is 295 g/mol. The molecule has 9 heteroatoms. The van der Waals surface area contributed by atoms with E-state index in [1.165, 1.54) is 11.8 Å². The molecule has 0 aliphatic rings. The number of nitrogens with one attached hydrogen (secondary N) is 2. The molecule has 1 heterocycles. The molecule has 0 bridgehead atoms. The summed E-state index contributed by atoms with van der Waals surface area (Å²) in [6, 6.07) is 1.43. The van der Waals surface area contributed by atoms with Gasteiger partial charge in [0.15, 0.2) is 0 Å². The van der Waals surface area contributed by atoms with Gasteiger partial charge in [-0.05, 0) is 18.4 Å². The van der Waals surface area contributed by atoms with Crippen LogP contribution in [0.25, 0.3) is 0 Å². The van der Waals surface area contributed by atoms with Gasteiger partial charge < -0.3 is 10.6 Å². The maximum atomic E-state index is 12.4. The number of halogens is 3. The molecule has 5 nitrogen and oxygen atoms in total. The number of pyridine rings is 1. The van der Waals surface area contributed by atoms with Crippen molar-refractivity contribution in [2.75, 3.05) is 23.9 Å². The van der Waals surface area contributed by atoms with Crippen LogP contribution in [0.4, 0.5) is 19.0 Å². The topological polar surface area (TPSA) is 71.1 Å². The van der Waals surface area contributed by atoms with Gasteiger partial charge in [-0.1, -0.05) is 0 Å². The maximum absolute atomic E-state index is 12.4. The van der Waals surface area contributed by atoms with Crippen molar-refractivity contribution in [1.29, 1.82) is 0 Å². The molecule has 1 rings (SSSR count). The van der Waals surface area contributed by atoms with Gasteiger partial charge >= 0.3 is 18.0 Å². The molecule has 0 fully saturated rings. The van der Waals surface area contributed by atoms with Crippen LogP contribution in [0.2, 0.25) is 0 Å².